The van der Waals surface area contributed by atoms with E-state index in [0.29, 0.717) is 12.2 Å². The second-order valence-electron chi connectivity index (χ2n) is 4.93. The van der Waals surface area contributed by atoms with Crippen LogP contribution in [0.2, 0.25) is 0 Å². The molecule has 0 saturated carbocycles. The minimum absolute atomic E-state index is 0.412. The molecule has 0 atom stereocenters. The number of para-hydroxylation sites is 1. The Labute approximate surface area is 124 Å². The number of ether oxygens (including phenoxy) is 1. The van der Waals surface area contributed by atoms with Crippen molar-refractivity contribution in [3.05, 3.63) is 64.7 Å². The van der Waals surface area contributed by atoms with Crippen LogP contribution in [0.4, 0.5) is 0 Å². The zero-order chi connectivity index (χ0) is 15.2. The summed E-state index contributed by atoms with van der Waals surface area (Å²) in [5.74, 6) is 0.454. The van der Waals surface area contributed by atoms with Gasteiger partial charge < -0.3 is 15.8 Å². The molecule has 0 fully saturated rings. The highest BCUT2D eigenvalue weighted by Crippen LogP contribution is 2.20. The predicted molar refractivity (Wildman–Crippen MR) is 83.2 cm³/mol. The Balaban J connectivity index is 2.11. The largest absolute Gasteiger partial charge is 0.489 e. The van der Waals surface area contributed by atoms with Gasteiger partial charge in [0.25, 0.3) is 0 Å². The molecular formula is C17H20N2O2. The molecule has 21 heavy (non-hydrogen) atoms. The van der Waals surface area contributed by atoms with E-state index >= 15 is 0 Å². The molecule has 0 heterocycles. The molecule has 2 aromatic rings. The summed E-state index contributed by atoms with van der Waals surface area (Å²) in [7, 11) is 1.91. The van der Waals surface area contributed by atoms with E-state index in [1.54, 1.807) is 12.1 Å². The van der Waals surface area contributed by atoms with Crippen molar-refractivity contribution in [3.8, 4) is 5.75 Å². The van der Waals surface area contributed by atoms with Gasteiger partial charge >= 0.3 is 0 Å². The van der Waals surface area contributed by atoms with Gasteiger partial charge in [0.15, 0.2) is 0 Å². The van der Waals surface area contributed by atoms with E-state index < -0.39 is 5.91 Å². The van der Waals surface area contributed by atoms with Gasteiger partial charge in [-0.25, -0.2) is 0 Å². The standard InChI is InChI=1S/C17H20N2O2/c1-12-9-13(17(18)20)7-8-15(12)11-21-16-6-4-3-5-14(16)10-19-2/h3-9,19H,10-11H2,1-2H3,(H2,18,20). The van der Waals surface area contributed by atoms with E-state index in [0.717, 1.165) is 29.0 Å². The lowest BCUT2D eigenvalue weighted by Crippen LogP contribution is -2.12. The highest BCUT2D eigenvalue weighted by Gasteiger charge is 2.06. The van der Waals surface area contributed by atoms with Gasteiger partial charge in [-0.3, -0.25) is 4.79 Å². The van der Waals surface area contributed by atoms with Gasteiger partial charge in [-0.1, -0.05) is 24.3 Å². The van der Waals surface area contributed by atoms with Crippen LogP contribution in [0.3, 0.4) is 0 Å². The van der Waals surface area contributed by atoms with Crippen molar-refractivity contribution in [1.29, 1.82) is 0 Å². The quantitative estimate of drug-likeness (QED) is 0.856. The normalized spacial score (nSPS) is 10.4. The van der Waals surface area contributed by atoms with E-state index in [1.165, 1.54) is 0 Å². The second-order valence-corrected chi connectivity index (χ2v) is 4.93. The van der Waals surface area contributed by atoms with Gasteiger partial charge in [-0.2, -0.15) is 0 Å². The van der Waals surface area contributed by atoms with Gasteiger partial charge in [0.2, 0.25) is 5.91 Å². The maximum absolute atomic E-state index is 11.1. The van der Waals surface area contributed by atoms with Crippen molar-refractivity contribution in [2.75, 3.05) is 7.05 Å². The summed E-state index contributed by atoms with van der Waals surface area (Å²) in [6, 6.07) is 13.4. The SMILES string of the molecule is CNCc1ccccc1OCc1ccc(C(N)=O)cc1C. The fourth-order valence-electron chi connectivity index (χ4n) is 2.15. The van der Waals surface area contributed by atoms with E-state index in [-0.39, 0.29) is 0 Å². The molecule has 4 heteroatoms. The van der Waals surface area contributed by atoms with Crippen LogP contribution in [-0.4, -0.2) is 13.0 Å². The topological polar surface area (TPSA) is 64.3 Å². The molecule has 0 radical (unpaired) electrons. The first-order chi connectivity index (χ1) is 10.1. The van der Waals surface area contributed by atoms with Gasteiger partial charge in [-0.15, -0.1) is 0 Å². The summed E-state index contributed by atoms with van der Waals surface area (Å²) in [5, 5.41) is 3.12. The van der Waals surface area contributed by atoms with Crippen molar-refractivity contribution in [2.24, 2.45) is 5.73 Å². The molecule has 2 rings (SSSR count). The number of amides is 1. The Morgan fingerprint density at radius 3 is 2.62 bits per heavy atom. The third kappa shape index (κ3) is 3.83. The van der Waals surface area contributed by atoms with Crippen LogP contribution in [0, 0.1) is 6.92 Å². The van der Waals surface area contributed by atoms with Crippen LogP contribution >= 0.6 is 0 Å². The zero-order valence-corrected chi connectivity index (χ0v) is 12.3. The number of hydrogen-bond acceptors (Lipinski definition) is 3. The number of carbonyl (C=O) groups excluding carboxylic acids is 1. The van der Waals surface area contributed by atoms with Crippen molar-refractivity contribution in [1.82, 2.24) is 5.32 Å². The highest BCUT2D eigenvalue weighted by atomic mass is 16.5. The average molecular weight is 284 g/mol. The van der Waals surface area contributed by atoms with Crippen LogP contribution in [0.15, 0.2) is 42.5 Å². The van der Waals surface area contributed by atoms with E-state index in [4.69, 9.17) is 10.5 Å². The first-order valence-corrected chi connectivity index (χ1v) is 6.86. The molecule has 0 aliphatic rings. The van der Waals surface area contributed by atoms with Crippen molar-refractivity contribution >= 4 is 5.91 Å². The molecule has 0 aliphatic carbocycles. The summed E-state index contributed by atoms with van der Waals surface area (Å²) >= 11 is 0. The number of primary amides is 1. The maximum Gasteiger partial charge on any atom is 0.248 e. The van der Waals surface area contributed by atoms with E-state index in [9.17, 15) is 4.79 Å². The number of benzene rings is 2. The van der Waals surface area contributed by atoms with E-state index in [1.807, 2.05) is 44.3 Å². The molecular weight excluding hydrogens is 264 g/mol. The molecule has 0 spiro atoms. The summed E-state index contributed by atoms with van der Waals surface area (Å²) in [5.41, 5.74) is 8.95. The lowest BCUT2D eigenvalue weighted by molar-refractivity contribution is 0.1000. The summed E-state index contributed by atoms with van der Waals surface area (Å²) in [6.45, 7) is 3.17. The number of nitrogens with one attached hydrogen (secondary N) is 1. The highest BCUT2D eigenvalue weighted by molar-refractivity contribution is 5.93. The minimum Gasteiger partial charge on any atom is -0.489 e. The van der Waals surface area contributed by atoms with E-state index in [2.05, 4.69) is 5.32 Å². The molecule has 3 N–H and O–H groups in total. The molecule has 1 amide bonds. The molecule has 0 unspecified atom stereocenters. The van der Waals surface area contributed by atoms with Gasteiger partial charge in [0, 0.05) is 17.7 Å². The summed E-state index contributed by atoms with van der Waals surface area (Å²) in [6.07, 6.45) is 0. The molecule has 0 bridgehead atoms. The molecule has 4 nitrogen and oxygen atoms in total. The minimum atomic E-state index is -0.412. The molecule has 0 aromatic heterocycles. The van der Waals surface area contributed by atoms with Crippen LogP contribution in [-0.2, 0) is 13.2 Å². The van der Waals surface area contributed by atoms with Crippen LogP contribution in [0.5, 0.6) is 5.75 Å². The Bertz CT molecular complexity index is 638. The van der Waals surface area contributed by atoms with Crippen LogP contribution < -0.4 is 15.8 Å². The molecule has 110 valence electrons. The van der Waals surface area contributed by atoms with Gasteiger partial charge in [0.1, 0.15) is 12.4 Å². The molecule has 2 aromatic carbocycles. The number of aryl methyl sites for hydroxylation is 1. The fourth-order valence-corrected chi connectivity index (χ4v) is 2.15. The van der Waals surface area contributed by atoms with Gasteiger partial charge in [-0.05, 0) is 43.3 Å². The number of nitrogens with two attached hydrogens (primary N) is 1. The first-order valence-electron chi connectivity index (χ1n) is 6.86. The first kappa shape index (κ1) is 15.1. The number of rotatable bonds is 6. The lowest BCUT2D eigenvalue weighted by atomic mass is 10.1. The average Bonchev–Trinajstić information content (AvgIpc) is 2.47. The van der Waals surface area contributed by atoms with Crippen molar-refractivity contribution in [3.63, 3.8) is 0 Å². The second kappa shape index (κ2) is 6.90. The maximum atomic E-state index is 11.1. The van der Waals surface area contributed by atoms with Crippen LogP contribution in [0.25, 0.3) is 0 Å². The Morgan fingerprint density at radius 2 is 1.95 bits per heavy atom. The number of hydrogen-bond donors (Lipinski definition) is 2. The fraction of sp³-hybridized carbons (Fsp3) is 0.235. The summed E-state index contributed by atoms with van der Waals surface area (Å²) in [4.78, 5) is 11.1. The lowest BCUT2D eigenvalue weighted by Gasteiger charge is -2.13. The zero-order valence-electron chi connectivity index (χ0n) is 12.3. The third-order valence-corrected chi connectivity index (χ3v) is 3.35. The smallest absolute Gasteiger partial charge is 0.248 e. The Hall–Kier alpha value is -2.33. The Morgan fingerprint density at radius 1 is 1.19 bits per heavy atom. The van der Waals surface area contributed by atoms with Crippen molar-refractivity contribution in [2.45, 2.75) is 20.1 Å². The number of carbonyl (C=O) groups is 1. The molecule has 0 aliphatic heterocycles. The third-order valence-electron chi connectivity index (χ3n) is 3.35. The predicted octanol–water partition coefficient (Wildman–Crippen LogP) is 2.39. The molecule has 0 saturated heterocycles. The monoisotopic (exact) mass is 284 g/mol. The summed E-state index contributed by atoms with van der Waals surface area (Å²) < 4.78 is 5.90. The van der Waals surface area contributed by atoms with Crippen molar-refractivity contribution < 1.29 is 9.53 Å². The Kier molecular flexibility index (Phi) is 4.95. The van der Waals surface area contributed by atoms with Crippen LogP contribution in [0.1, 0.15) is 27.0 Å². The van der Waals surface area contributed by atoms with Gasteiger partial charge in [0.05, 0.1) is 0 Å².